The fourth-order valence-corrected chi connectivity index (χ4v) is 0.923. The lowest BCUT2D eigenvalue weighted by Crippen LogP contribution is -2.05. The molecule has 0 saturated carbocycles. The smallest absolute Gasteiger partial charge is 0.316 e. The third-order valence-electron chi connectivity index (χ3n) is 1.76. The first kappa shape index (κ1) is 10.9. The van der Waals surface area contributed by atoms with Crippen LogP contribution in [0.3, 0.4) is 0 Å². The summed E-state index contributed by atoms with van der Waals surface area (Å²) in [6.07, 6.45) is 2.10. The summed E-state index contributed by atoms with van der Waals surface area (Å²) < 4.78 is 5.16. The fraction of sp³-hybridized carbons (Fsp3) is 0.556. The lowest BCUT2D eigenvalue weighted by atomic mass is 10.3. The van der Waals surface area contributed by atoms with Crippen molar-refractivity contribution in [2.24, 2.45) is 0 Å². The molecule has 0 atom stereocenters. The summed E-state index contributed by atoms with van der Waals surface area (Å²) in [6, 6.07) is 0.285. The van der Waals surface area contributed by atoms with E-state index in [0.717, 1.165) is 0 Å². The van der Waals surface area contributed by atoms with Gasteiger partial charge in [-0.2, -0.15) is 0 Å². The minimum Gasteiger partial charge on any atom is -0.463 e. The van der Waals surface area contributed by atoms with E-state index in [-0.39, 0.29) is 19.2 Å². The van der Waals surface area contributed by atoms with Gasteiger partial charge >= 0.3 is 6.01 Å². The first-order valence-corrected chi connectivity index (χ1v) is 4.45. The van der Waals surface area contributed by atoms with Gasteiger partial charge in [-0.05, 0) is 6.92 Å². The molecule has 0 radical (unpaired) electrons. The first-order chi connectivity index (χ1) is 6.77. The Bertz CT molecular complexity index is 291. The van der Waals surface area contributed by atoms with Crippen LogP contribution in [-0.4, -0.2) is 33.4 Å². The highest BCUT2D eigenvalue weighted by Crippen LogP contribution is 2.08. The number of rotatable bonds is 5. The number of aryl methyl sites for hydroxylation is 1. The molecule has 14 heavy (non-hydrogen) atoms. The van der Waals surface area contributed by atoms with Gasteiger partial charge in [0.05, 0.1) is 18.9 Å². The van der Waals surface area contributed by atoms with Crippen LogP contribution in [0.25, 0.3) is 0 Å². The molecule has 5 nitrogen and oxygen atoms in total. The van der Waals surface area contributed by atoms with Gasteiger partial charge in [-0.15, -0.1) is 0 Å². The third kappa shape index (κ3) is 2.93. The van der Waals surface area contributed by atoms with E-state index in [1.54, 1.807) is 6.92 Å². The van der Waals surface area contributed by atoms with Crippen LogP contribution in [0.2, 0.25) is 0 Å². The van der Waals surface area contributed by atoms with Crippen LogP contribution < -0.4 is 4.74 Å². The van der Waals surface area contributed by atoms with Crippen molar-refractivity contribution >= 4 is 0 Å². The average Bonchev–Trinajstić information content (AvgIpc) is 2.18. The molecular weight excluding hydrogens is 184 g/mol. The maximum Gasteiger partial charge on any atom is 0.316 e. The van der Waals surface area contributed by atoms with Gasteiger partial charge in [0.2, 0.25) is 0 Å². The number of hydrogen-bond donors (Lipinski definition) is 2. The molecule has 0 fully saturated rings. The minimum absolute atomic E-state index is 0.0667. The standard InChI is InChI=1S/C9H14N2O3/c1-7-8(6-13)5-10-9(11-7)14-4-2-3-12/h5,12-13H,2-4,6H2,1H3. The van der Waals surface area contributed by atoms with Gasteiger partial charge in [0.15, 0.2) is 0 Å². The highest BCUT2D eigenvalue weighted by atomic mass is 16.5. The molecular formula is C9H14N2O3. The molecule has 2 N–H and O–H groups in total. The number of aliphatic hydroxyl groups excluding tert-OH is 2. The number of aliphatic hydroxyl groups is 2. The van der Waals surface area contributed by atoms with E-state index in [1.165, 1.54) is 6.20 Å². The van der Waals surface area contributed by atoms with Crippen molar-refractivity contribution in [1.29, 1.82) is 0 Å². The second-order valence-corrected chi connectivity index (χ2v) is 2.85. The summed E-state index contributed by atoms with van der Waals surface area (Å²) in [7, 11) is 0. The predicted octanol–water partition coefficient (Wildman–Crippen LogP) is 0.0385. The molecule has 0 unspecified atom stereocenters. The van der Waals surface area contributed by atoms with E-state index in [9.17, 15) is 0 Å². The Balaban J connectivity index is 2.57. The summed E-state index contributed by atoms with van der Waals surface area (Å²) in [4.78, 5) is 7.95. The summed E-state index contributed by atoms with van der Waals surface area (Å²) in [5.74, 6) is 0. The second kappa shape index (κ2) is 5.51. The van der Waals surface area contributed by atoms with Gasteiger partial charge in [0, 0.05) is 24.8 Å². The number of ether oxygens (including phenoxy) is 1. The van der Waals surface area contributed by atoms with E-state index >= 15 is 0 Å². The quantitative estimate of drug-likeness (QED) is 0.653. The van der Waals surface area contributed by atoms with Crippen LogP contribution in [0, 0.1) is 6.92 Å². The van der Waals surface area contributed by atoms with Crippen molar-refractivity contribution in [3.63, 3.8) is 0 Å². The van der Waals surface area contributed by atoms with E-state index in [4.69, 9.17) is 14.9 Å². The van der Waals surface area contributed by atoms with E-state index < -0.39 is 0 Å². The number of hydrogen-bond acceptors (Lipinski definition) is 5. The van der Waals surface area contributed by atoms with Crippen molar-refractivity contribution in [2.45, 2.75) is 20.0 Å². The number of aromatic nitrogens is 2. The Morgan fingerprint density at radius 3 is 2.79 bits per heavy atom. The second-order valence-electron chi connectivity index (χ2n) is 2.85. The highest BCUT2D eigenvalue weighted by Gasteiger charge is 2.02. The Hall–Kier alpha value is -1.20. The molecule has 0 aromatic carbocycles. The molecule has 0 spiro atoms. The van der Waals surface area contributed by atoms with Crippen molar-refractivity contribution in [3.05, 3.63) is 17.5 Å². The van der Waals surface area contributed by atoms with Crippen molar-refractivity contribution in [1.82, 2.24) is 9.97 Å². The van der Waals surface area contributed by atoms with Gasteiger partial charge in [0.25, 0.3) is 0 Å². The van der Waals surface area contributed by atoms with Gasteiger partial charge in [-0.3, -0.25) is 0 Å². The topological polar surface area (TPSA) is 75.5 Å². The summed E-state index contributed by atoms with van der Waals surface area (Å²) in [6.45, 7) is 2.21. The lowest BCUT2D eigenvalue weighted by molar-refractivity contribution is 0.223. The largest absolute Gasteiger partial charge is 0.463 e. The molecule has 5 heteroatoms. The molecule has 0 saturated heterocycles. The molecule has 78 valence electrons. The van der Waals surface area contributed by atoms with Gasteiger partial charge in [0.1, 0.15) is 0 Å². The first-order valence-electron chi connectivity index (χ1n) is 4.45. The van der Waals surface area contributed by atoms with Gasteiger partial charge < -0.3 is 14.9 Å². The van der Waals surface area contributed by atoms with Crippen LogP contribution in [0.1, 0.15) is 17.7 Å². The van der Waals surface area contributed by atoms with Crippen molar-refractivity contribution < 1.29 is 14.9 Å². The molecule has 0 aliphatic rings. The monoisotopic (exact) mass is 198 g/mol. The van der Waals surface area contributed by atoms with Crippen molar-refractivity contribution in [3.8, 4) is 6.01 Å². The summed E-state index contributed by atoms with van der Waals surface area (Å²) in [5.41, 5.74) is 1.40. The van der Waals surface area contributed by atoms with Gasteiger partial charge in [-0.25, -0.2) is 9.97 Å². The zero-order chi connectivity index (χ0) is 10.4. The highest BCUT2D eigenvalue weighted by molar-refractivity contribution is 5.16. The van der Waals surface area contributed by atoms with E-state index in [1.807, 2.05) is 0 Å². The molecule has 0 aliphatic carbocycles. The van der Waals surface area contributed by atoms with Crippen LogP contribution in [0.4, 0.5) is 0 Å². The molecule has 1 heterocycles. The fourth-order valence-electron chi connectivity index (χ4n) is 0.923. The normalized spacial score (nSPS) is 10.2. The minimum atomic E-state index is -0.0667. The molecule has 1 aromatic rings. The maximum atomic E-state index is 8.87. The predicted molar refractivity (Wildman–Crippen MR) is 49.9 cm³/mol. The summed E-state index contributed by atoms with van der Waals surface area (Å²) in [5, 5.41) is 17.4. The van der Waals surface area contributed by atoms with E-state index in [0.29, 0.717) is 24.3 Å². The zero-order valence-electron chi connectivity index (χ0n) is 8.10. The molecule has 1 aromatic heterocycles. The maximum absolute atomic E-state index is 8.87. The lowest BCUT2D eigenvalue weighted by Gasteiger charge is -2.05. The van der Waals surface area contributed by atoms with Crippen LogP contribution in [0.5, 0.6) is 6.01 Å². The van der Waals surface area contributed by atoms with Crippen molar-refractivity contribution in [2.75, 3.05) is 13.2 Å². The Morgan fingerprint density at radius 1 is 1.43 bits per heavy atom. The number of nitrogens with zero attached hydrogens (tertiary/aromatic N) is 2. The Morgan fingerprint density at radius 2 is 2.21 bits per heavy atom. The van der Waals surface area contributed by atoms with Crippen LogP contribution in [0.15, 0.2) is 6.20 Å². The molecule has 0 amide bonds. The Labute approximate surface area is 82.4 Å². The van der Waals surface area contributed by atoms with Crippen LogP contribution >= 0.6 is 0 Å². The van der Waals surface area contributed by atoms with E-state index in [2.05, 4.69) is 9.97 Å². The zero-order valence-corrected chi connectivity index (χ0v) is 8.10. The Kier molecular flexibility index (Phi) is 4.28. The molecule has 0 bridgehead atoms. The average molecular weight is 198 g/mol. The SMILES string of the molecule is Cc1nc(OCCCO)ncc1CO. The molecule has 0 aliphatic heterocycles. The molecule has 1 rings (SSSR count). The summed E-state index contributed by atoms with van der Waals surface area (Å²) >= 11 is 0. The van der Waals surface area contributed by atoms with Crippen LogP contribution in [-0.2, 0) is 6.61 Å². The van der Waals surface area contributed by atoms with Gasteiger partial charge in [-0.1, -0.05) is 0 Å². The third-order valence-corrected chi connectivity index (χ3v) is 1.76.